The Hall–Kier alpha value is -0.470. The zero-order chi connectivity index (χ0) is 13.2. The van der Waals surface area contributed by atoms with E-state index in [2.05, 4.69) is 56.4 Å². The van der Waals surface area contributed by atoms with Gasteiger partial charge in [-0.3, -0.25) is 0 Å². The summed E-state index contributed by atoms with van der Waals surface area (Å²) in [4.78, 5) is 1.39. The van der Waals surface area contributed by atoms with Crippen LogP contribution in [0, 0.1) is 11.8 Å². The van der Waals surface area contributed by atoms with Crippen molar-refractivity contribution in [3.05, 3.63) is 30.3 Å². The number of rotatable bonds is 9. The van der Waals surface area contributed by atoms with E-state index >= 15 is 0 Å². The van der Waals surface area contributed by atoms with Gasteiger partial charge in [0.25, 0.3) is 0 Å². The van der Waals surface area contributed by atoms with Gasteiger partial charge in [0.1, 0.15) is 0 Å². The maximum Gasteiger partial charge on any atom is 0.00719 e. The van der Waals surface area contributed by atoms with Gasteiger partial charge < -0.3 is 5.32 Å². The molecule has 2 heteroatoms. The summed E-state index contributed by atoms with van der Waals surface area (Å²) in [5.41, 5.74) is 0. The van der Waals surface area contributed by atoms with Gasteiger partial charge in [-0.1, -0.05) is 39.0 Å². The molecule has 18 heavy (non-hydrogen) atoms. The van der Waals surface area contributed by atoms with Gasteiger partial charge in [0.15, 0.2) is 0 Å². The zero-order valence-corrected chi connectivity index (χ0v) is 12.8. The van der Waals surface area contributed by atoms with Gasteiger partial charge in [0.05, 0.1) is 0 Å². The summed E-state index contributed by atoms with van der Waals surface area (Å²) < 4.78 is 0. The van der Waals surface area contributed by atoms with Crippen molar-refractivity contribution < 1.29 is 0 Å². The van der Waals surface area contributed by atoms with Gasteiger partial charge in [-0.05, 0) is 55.7 Å². The SMILES string of the molecule is CC(C)CNCCC(C)CCSc1ccccc1. The molecule has 1 unspecified atom stereocenters. The molecule has 0 amide bonds. The minimum Gasteiger partial charge on any atom is -0.316 e. The van der Waals surface area contributed by atoms with Crippen molar-refractivity contribution in [2.24, 2.45) is 11.8 Å². The Morgan fingerprint density at radius 1 is 1.06 bits per heavy atom. The lowest BCUT2D eigenvalue weighted by Crippen LogP contribution is -2.22. The highest BCUT2D eigenvalue weighted by atomic mass is 32.2. The highest BCUT2D eigenvalue weighted by Crippen LogP contribution is 2.20. The molecular weight excluding hydrogens is 238 g/mol. The molecule has 1 nitrogen and oxygen atoms in total. The Morgan fingerprint density at radius 3 is 2.44 bits per heavy atom. The van der Waals surface area contributed by atoms with Crippen LogP contribution in [0.15, 0.2) is 35.2 Å². The fourth-order valence-corrected chi connectivity index (χ4v) is 2.88. The molecule has 1 N–H and O–H groups in total. The molecule has 0 fully saturated rings. The summed E-state index contributed by atoms with van der Waals surface area (Å²) in [6.45, 7) is 9.18. The fourth-order valence-electron chi connectivity index (χ4n) is 1.78. The van der Waals surface area contributed by atoms with Crippen molar-refractivity contribution >= 4 is 11.8 Å². The van der Waals surface area contributed by atoms with Gasteiger partial charge in [-0.25, -0.2) is 0 Å². The average Bonchev–Trinajstić information content (AvgIpc) is 2.36. The third kappa shape index (κ3) is 7.78. The highest BCUT2D eigenvalue weighted by molar-refractivity contribution is 7.99. The molecule has 0 saturated carbocycles. The summed E-state index contributed by atoms with van der Waals surface area (Å²) in [6.07, 6.45) is 2.60. The van der Waals surface area contributed by atoms with Crippen LogP contribution in [0.5, 0.6) is 0 Å². The molecule has 0 bridgehead atoms. The Kier molecular flexibility index (Phi) is 8.19. The quantitative estimate of drug-likeness (QED) is 0.523. The van der Waals surface area contributed by atoms with Gasteiger partial charge >= 0.3 is 0 Å². The maximum atomic E-state index is 3.52. The minimum atomic E-state index is 0.758. The summed E-state index contributed by atoms with van der Waals surface area (Å²) in [5.74, 6) is 2.81. The van der Waals surface area contributed by atoms with Crippen molar-refractivity contribution in [2.75, 3.05) is 18.8 Å². The molecule has 0 aliphatic carbocycles. The molecule has 0 radical (unpaired) electrons. The Balaban J connectivity index is 2.01. The predicted molar refractivity (Wildman–Crippen MR) is 83.3 cm³/mol. The second kappa shape index (κ2) is 9.46. The number of benzene rings is 1. The van der Waals surface area contributed by atoms with Crippen LogP contribution in [0.1, 0.15) is 33.6 Å². The standard InChI is InChI=1S/C16H27NS/c1-14(2)13-17-11-9-15(3)10-12-18-16-7-5-4-6-8-16/h4-8,14-15,17H,9-13H2,1-3H3. The van der Waals surface area contributed by atoms with Crippen molar-refractivity contribution in [3.63, 3.8) is 0 Å². The van der Waals surface area contributed by atoms with E-state index in [1.54, 1.807) is 0 Å². The van der Waals surface area contributed by atoms with Crippen LogP contribution in [0.2, 0.25) is 0 Å². The van der Waals surface area contributed by atoms with E-state index in [9.17, 15) is 0 Å². The third-order valence-corrected chi connectivity index (χ3v) is 4.03. The predicted octanol–water partition coefficient (Wildman–Crippen LogP) is 4.44. The summed E-state index contributed by atoms with van der Waals surface area (Å²) in [7, 11) is 0. The summed E-state index contributed by atoms with van der Waals surface area (Å²) in [6, 6.07) is 10.7. The molecule has 0 saturated heterocycles. The molecule has 0 aliphatic heterocycles. The molecule has 1 atom stereocenters. The number of hydrogen-bond donors (Lipinski definition) is 1. The molecule has 0 heterocycles. The van der Waals surface area contributed by atoms with Crippen molar-refractivity contribution in [1.29, 1.82) is 0 Å². The van der Waals surface area contributed by atoms with Crippen LogP contribution in [0.3, 0.4) is 0 Å². The minimum absolute atomic E-state index is 0.758. The van der Waals surface area contributed by atoms with Crippen molar-refractivity contribution in [2.45, 2.75) is 38.5 Å². The first kappa shape index (κ1) is 15.6. The van der Waals surface area contributed by atoms with Gasteiger partial charge in [0, 0.05) is 4.90 Å². The van der Waals surface area contributed by atoms with Gasteiger partial charge in [-0.2, -0.15) is 0 Å². The smallest absolute Gasteiger partial charge is 0.00719 e. The molecule has 0 aliphatic rings. The molecule has 0 aromatic heterocycles. The van der Waals surface area contributed by atoms with E-state index in [4.69, 9.17) is 0 Å². The van der Waals surface area contributed by atoms with Crippen LogP contribution >= 0.6 is 11.8 Å². The number of thioether (sulfide) groups is 1. The third-order valence-electron chi connectivity index (χ3n) is 2.99. The van der Waals surface area contributed by atoms with Crippen LogP contribution in [0.25, 0.3) is 0 Å². The van der Waals surface area contributed by atoms with Gasteiger partial charge in [0.2, 0.25) is 0 Å². The van der Waals surface area contributed by atoms with Gasteiger partial charge in [-0.15, -0.1) is 11.8 Å². The van der Waals surface area contributed by atoms with Crippen molar-refractivity contribution in [3.8, 4) is 0 Å². The first-order valence-electron chi connectivity index (χ1n) is 7.07. The highest BCUT2D eigenvalue weighted by Gasteiger charge is 2.02. The van der Waals surface area contributed by atoms with E-state index in [0.29, 0.717) is 0 Å². The number of hydrogen-bond acceptors (Lipinski definition) is 2. The zero-order valence-electron chi connectivity index (χ0n) is 12.0. The van der Waals surface area contributed by atoms with Crippen LogP contribution in [0.4, 0.5) is 0 Å². The summed E-state index contributed by atoms with van der Waals surface area (Å²) in [5, 5.41) is 3.52. The normalized spacial score (nSPS) is 12.9. The van der Waals surface area contributed by atoms with E-state index in [1.807, 2.05) is 11.8 Å². The fraction of sp³-hybridized carbons (Fsp3) is 0.625. The van der Waals surface area contributed by atoms with Crippen molar-refractivity contribution in [1.82, 2.24) is 5.32 Å². The lowest BCUT2D eigenvalue weighted by Gasteiger charge is -2.12. The van der Waals surface area contributed by atoms with Crippen LogP contribution in [-0.4, -0.2) is 18.8 Å². The Labute approximate surface area is 117 Å². The van der Waals surface area contributed by atoms with E-state index in [0.717, 1.165) is 24.9 Å². The van der Waals surface area contributed by atoms with E-state index in [1.165, 1.54) is 23.5 Å². The molecule has 102 valence electrons. The molecule has 1 aromatic carbocycles. The van der Waals surface area contributed by atoms with Crippen LogP contribution in [-0.2, 0) is 0 Å². The molecule has 0 spiro atoms. The molecule has 1 aromatic rings. The first-order chi connectivity index (χ1) is 8.68. The number of nitrogens with one attached hydrogen (secondary N) is 1. The Morgan fingerprint density at radius 2 is 1.78 bits per heavy atom. The lowest BCUT2D eigenvalue weighted by atomic mass is 10.1. The van der Waals surface area contributed by atoms with E-state index in [-0.39, 0.29) is 0 Å². The largest absolute Gasteiger partial charge is 0.316 e. The molecule has 1 rings (SSSR count). The second-order valence-corrected chi connectivity index (χ2v) is 6.61. The summed E-state index contributed by atoms with van der Waals surface area (Å²) >= 11 is 1.97. The Bertz CT molecular complexity index is 297. The topological polar surface area (TPSA) is 12.0 Å². The monoisotopic (exact) mass is 265 g/mol. The van der Waals surface area contributed by atoms with E-state index < -0.39 is 0 Å². The van der Waals surface area contributed by atoms with Crippen LogP contribution < -0.4 is 5.32 Å². The molecular formula is C16H27NS. The average molecular weight is 265 g/mol. The second-order valence-electron chi connectivity index (χ2n) is 5.44. The lowest BCUT2D eigenvalue weighted by molar-refractivity contribution is 0.469. The first-order valence-corrected chi connectivity index (χ1v) is 8.05. The maximum absolute atomic E-state index is 3.52.